The van der Waals surface area contributed by atoms with Crippen molar-refractivity contribution < 1.29 is 18.4 Å². The molecule has 3 rings (SSSR count). The second-order valence-electron chi connectivity index (χ2n) is 6.56. The van der Waals surface area contributed by atoms with Crippen LogP contribution in [0.4, 0.5) is 13.9 Å². The third-order valence-electron chi connectivity index (χ3n) is 4.86. The SMILES string of the molecule is C=CCNc1ncc(C(=O)N2[C@H]3CC[C@@H]2[C@@H](F)[C@H](NC(=O)/C=C/CF)C3)s1. The molecule has 2 saturated heterocycles. The molecule has 1 aromatic heterocycles. The summed E-state index contributed by atoms with van der Waals surface area (Å²) in [5.74, 6) is -0.740. The predicted molar refractivity (Wildman–Crippen MR) is 100 cm³/mol. The fourth-order valence-corrected chi connectivity index (χ4v) is 4.49. The molecule has 0 aromatic carbocycles. The van der Waals surface area contributed by atoms with Gasteiger partial charge in [-0.15, -0.1) is 6.58 Å². The Balaban J connectivity index is 1.68. The van der Waals surface area contributed by atoms with Crippen molar-refractivity contribution in [2.45, 2.75) is 43.6 Å². The molecule has 27 heavy (non-hydrogen) atoms. The van der Waals surface area contributed by atoms with Crippen LogP contribution in [0.3, 0.4) is 0 Å². The lowest BCUT2D eigenvalue weighted by atomic mass is 9.95. The number of hydrogen-bond donors (Lipinski definition) is 2. The average Bonchev–Trinajstić information content (AvgIpc) is 3.26. The summed E-state index contributed by atoms with van der Waals surface area (Å²) < 4.78 is 27.1. The molecule has 0 aliphatic carbocycles. The number of halogens is 2. The zero-order chi connectivity index (χ0) is 19.4. The van der Waals surface area contributed by atoms with Crippen LogP contribution in [0.25, 0.3) is 0 Å². The Morgan fingerprint density at radius 2 is 2.26 bits per heavy atom. The molecule has 0 unspecified atom stereocenters. The van der Waals surface area contributed by atoms with Gasteiger partial charge in [0.1, 0.15) is 17.7 Å². The van der Waals surface area contributed by atoms with Crippen molar-refractivity contribution >= 4 is 28.3 Å². The second-order valence-corrected chi connectivity index (χ2v) is 7.59. The first-order chi connectivity index (χ1) is 13.0. The van der Waals surface area contributed by atoms with E-state index in [2.05, 4.69) is 22.2 Å². The maximum absolute atomic E-state index is 15.0. The number of nitrogens with one attached hydrogen (secondary N) is 2. The van der Waals surface area contributed by atoms with E-state index in [9.17, 15) is 18.4 Å². The normalized spacial score (nSPS) is 27.0. The molecule has 2 aliphatic heterocycles. The van der Waals surface area contributed by atoms with Crippen LogP contribution in [0.2, 0.25) is 0 Å². The molecule has 2 N–H and O–H groups in total. The van der Waals surface area contributed by atoms with Gasteiger partial charge < -0.3 is 15.5 Å². The van der Waals surface area contributed by atoms with Gasteiger partial charge in [-0.2, -0.15) is 0 Å². The van der Waals surface area contributed by atoms with Crippen molar-refractivity contribution in [3.63, 3.8) is 0 Å². The number of fused-ring (bicyclic) bond motifs is 2. The second kappa shape index (κ2) is 8.60. The smallest absolute Gasteiger partial charge is 0.266 e. The van der Waals surface area contributed by atoms with Crippen molar-refractivity contribution in [1.29, 1.82) is 0 Å². The number of carbonyl (C=O) groups excluding carboxylic acids is 2. The quantitative estimate of drug-likeness (QED) is 0.549. The van der Waals surface area contributed by atoms with Crippen LogP contribution in [-0.2, 0) is 4.79 Å². The van der Waals surface area contributed by atoms with Gasteiger partial charge in [-0.3, -0.25) is 9.59 Å². The lowest BCUT2D eigenvalue weighted by Gasteiger charge is -2.41. The van der Waals surface area contributed by atoms with Crippen LogP contribution in [0.15, 0.2) is 31.0 Å². The van der Waals surface area contributed by atoms with E-state index in [1.807, 2.05) is 0 Å². The Morgan fingerprint density at radius 3 is 3.00 bits per heavy atom. The number of hydrogen-bond acceptors (Lipinski definition) is 5. The number of aromatic nitrogens is 1. The molecule has 4 atom stereocenters. The summed E-state index contributed by atoms with van der Waals surface area (Å²) in [4.78, 5) is 30.9. The minimum Gasteiger partial charge on any atom is -0.358 e. The summed E-state index contributed by atoms with van der Waals surface area (Å²) >= 11 is 1.23. The molecule has 1 aromatic rings. The van der Waals surface area contributed by atoms with Crippen LogP contribution in [-0.4, -0.2) is 59.2 Å². The highest BCUT2D eigenvalue weighted by Gasteiger charge is 2.50. The Labute approximate surface area is 160 Å². The lowest BCUT2D eigenvalue weighted by Crippen LogP contribution is -2.59. The van der Waals surface area contributed by atoms with Crippen molar-refractivity contribution in [3.05, 3.63) is 35.9 Å². The number of nitrogens with zero attached hydrogens (tertiary/aromatic N) is 2. The maximum Gasteiger partial charge on any atom is 0.266 e. The van der Waals surface area contributed by atoms with E-state index in [-0.39, 0.29) is 11.9 Å². The number of piperidine rings is 1. The fourth-order valence-electron chi connectivity index (χ4n) is 3.73. The van der Waals surface area contributed by atoms with Crippen molar-refractivity contribution in [2.75, 3.05) is 18.5 Å². The van der Waals surface area contributed by atoms with Gasteiger partial charge in [-0.1, -0.05) is 17.4 Å². The van der Waals surface area contributed by atoms with E-state index in [0.717, 1.165) is 12.2 Å². The van der Waals surface area contributed by atoms with Gasteiger partial charge in [-0.25, -0.2) is 13.8 Å². The van der Waals surface area contributed by atoms with Crippen LogP contribution in [0, 0.1) is 0 Å². The largest absolute Gasteiger partial charge is 0.358 e. The number of thiazole rings is 1. The van der Waals surface area contributed by atoms with E-state index in [4.69, 9.17) is 0 Å². The van der Waals surface area contributed by atoms with Crippen molar-refractivity contribution in [3.8, 4) is 0 Å². The molecular formula is C18H22F2N4O2S. The maximum atomic E-state index is 15.0. The van der Waals surface area contributed by atoms with Crippen LogP contribution >= 0.6 is 11.3 Å². The van der Waals surface area contributed by atoms with Crippen molar-refractivity contribution in [1.82, 2.24) is 15.2 Å². The standard InChI is InChI=1S/C18H22F2N4O2S/c1-2-8-21-18-22-10-14(27-18)17(26)24-11-5-6-13(24)16(20)12(9-11)23-15(25)4-3-7-19/h2-4,10-13,16H,1,5-9H2,(H,21,22)(H,23,25)/b4-3+/t11-,12+,13+,16-/m0/s1. The van der Waals surface area contributed by atoms with E-state index >= 15 is 0 Å². The summed E-state index contributed by atoms with van der Waals surface area (Å²) in [6.45, 7) is 3.41. The summed E-state index contributed by atoms with van der Waals surface area (Å²) in [7, 11) is 0. The molecule has 3 heterocycles. The lowest BCUT2D eigenvalue weighted by molar-refractivity contribution is -0.118. The first kappa shape index (κ1) is 19.5. The third kappa shape index (κ3) is 4.18. The molecule has 146 valence electrons. The van der Waals surface area contributed by atoms with E-state index in [1.165, 1.54) is 17.5 Å². The van der Waals surface area contributed by atoms with Gasteiger partial charge in [0.2, 0.25) is 5.91 Å². The zero-order valence-corrected chi connectivity index (χ0v) is 15.6. The molecule has 2 fully saturated rings. The summed E-state index contributed by atoms with van der Waals surface area (Å²) in [6, 6.07) is -1.37. The number of amides is 2. The average molecular weight is 396 g/mol. The minimum atomic E-state index is -1.36. The molecule has 9 heteroatoms. The highest BCUT2D eigenvalue weighted by molar-refractivity contribution is 7.17. The predicted octanol–water partition coefficient (Wildman–Crippen LogP) is 2.47. The zero-order valence-electron chi connectivity index (χ0n) is 14.7. The van der Waals surface area contributed by atoms with E-state index < -0.39 is 30.8 Å². The molecule has 2 aliphatic rings. The Bertz CT molecular complexity index is 739. The number of rotatable bonds is 7. The van der Waals surface area contributed by atoms with Crippen LogP contribution < -0.4 is 10.6 Å². The molecule has 0 spiro atoms. The molecule has 0 radical (unpaired) electrons. The highest BCUT2D eigenvalue weighted by Crippen LogP contribution is 2.39. The number of anilines is 1. The minimum absolute atomic E-state index is 0.128. The van der Waals surface area contributed by atoms with Gasteiger partial charge in [-0.05, 0) is 25.3 Å². The van der Waals surface area contributed by atoms with Gasteiger partial charge >= 0.3 is 0 Å². The number of allylic oxidation sites excluding steroid dienone is 1. The summed E-state index contributed by atoms with van der Waals surface area (Å²) in [5, 5.41) is 6.24. The number of carbonyl (C=O) groups is 2. The van der Waals surface area contributed by atoms with E-state index in [0.29, 0.717) is 35.8 Å². The highest BCUT2D eigenvalue weighted by atomic mass is 32.1. The molecular weight excluding hydrogens is 374 g/mol. The van der Waals surface area contributed by atoms with Crippen molar-refractivity contribution in [2.24, 2.45) is 0 Å². The Morgan fingerprint density at radius 1 is 1.44 bits per heavy atom. The molecule has 2 bridgehead atoms. The van der Waals surface area contributed by atoms with Gasteiger partial charge in [0.15, 0.2) is 5.13 Å². The molecule has 2 amide bonds. The first-order valence-corrected chi connectivity index (χ1v) is 9.67. The van der Waals surface area contributed by atoms with Crippen LogP contribution in [0.1, 0.15) is 28.9 Å². The van der Waals surface area contributed by atoms with Gasteiger partial charge in [0.05, 0.1) is 18.3 Å². The molecule has 6 nitrogen and oxygen atoms in total. The number of alkyl halides is 2. The van der Waals surface area contributed by atoms with Gasteiger partial charge in [0.25, 0.3) is 5.91 Å². The van der Waals surface area contributed by atoms with E-state index in [1.54, 1.807) is 11.0 Å². The first-order valence-electron chi connectivity index (χ1n) is 8.85. The van der Waals surface area contributed by atoms with Gasteiger partial charge in [0, 0.05) is 18.7 Å². The fraction of sp³-hybridized carbons (Fsp3) is 0.500. The summed E-state index contributed by atoms with van der Waals surface area (Å²) in [6.07, 6.45) is 5.59. The molecule has 0 saturated carbocycles. The third-order valence-corrected chi connectivity index (χ3v) is 5.80. The monoisotopic (exact) mass is 396 g/mol. The summed E-state index contributed by atoms with van der Waals surface area (Å²) in [5.41, 5.74) is 0. The Hall–Kier alpha value is -2.29. The van der Waals surface area contributed by atoms with Crippen LogP contribution in [0.5, 0.6) is 0 Å². The Kier molecular flexibility index (Phi) is 6.20. The topological polar surface area (TPSA) is 74.3 Å².